The molecule has 6 nitrogen and oxygen atoms in total. The quantitative estimate of drug-likeness (QED) is 0.917. The van der Waals surface area contributed by atoms with Gasteiger partial charge in [-0.05, 0) is 24.1 Å². The van der Waals surface area contributed by atoms with Gasteiger partial charge in [-0.2, -0.15) is 5.01 Å². The SMILES string of the molecule is CC[C@@]1(c2ccc(OC)cc2)C(C(=O)O)=CN2C(=O)CCN21. The predicted octanol–water partition coefficient (Wildman–Crippen LogP) is 1.73. The predicted molar refractivity (Wildman–Crippen MR) is 78.9 cm³/mol. The van der Waals surface area contributed by atoms with Crippen LogP contribution in [0.15, 0.2) is 36.0 Å². The van der Waals surface area contributed by atoms with Gasteiger partial charge in [0.05, 0.1) is 18.2 Å². The molecule has 1 atom stereocenters. The Kier molecular flexibility index (Phi) is 3.41. The highest BCUT2D eigenvalue weighted by Gasteiger charge is 2.54. The molecule has 2 aliphatic rings. The van der Waals surface area contributed by atoms with Crippen molar-refractivity contribution in [2.45, 2.75) is 25.3 Å². The second-order valence-corrected chi connectivity index (χ2v) is 5.40. The van der Waals surface area contributed by atoms with Crippen LogP contribution in [0.2, 0.25) is 0 Å². The summed E-state index contributed by atoms with van der Waals surface area (Å²) in [5.41, 5.74) is 0.263. The average Bonchev–Trinajstić information content (AvgIpc) is 3.06. The van der Waals surface area contributed by atoms with E-state index in [1.54, 1.807) is 7.11 Å². The van der Waals surface area contributed by atoms with E-state index in [9.17, 15) is 14.7 Å². The molecule has 0 spiro atoms. The molecule has 2 heterocycles. The molecule has 1 aromatic rings. The van der Waals surface area contributed by atoms with Gasteiger partial charge >= 0.3 is 5.97 Å². The number of aliphatic carboxylic acids is 1. The molecule has 1 saturated heterocycles. The number of hydrogen-bond donors (Lipinski definition) is 1. The maximum absolute atomic E-state index is 12.0. The summed E-state index contributed by atoms with van der Waals surface area (Å²) in [6, 6.07) is 7.36. The Morgan fingerprint density at radius 3 is 2.59 bits per heavy atom. The van der Waals surface area contributed by atoms with Crippen molar-refractivity contribution in [3.63, 3.8) is 0 Å². The summed E-state index contributed by atoms with van der Waals surface area (Å²) in [4.78, 5) is 23.7. The molecule has 0 bridgehead atoms. The topological polar surface area (TPSA) is 70.1 Å². The van der Waals surface area contributed by atoms with Gasteiger partial charge in [-0.3, -0.25) is 4.79 Å². The highest BCUT2D eigenvalue weighted by atomic mass is 16.5. The first kappa shape index (κ1) is 14.6. The first-order valence-electron chi connectivity index (χ1n) is 7.24. The summed E-state index contributed by atoms with van der Waals surface area (Å²) in [6.07, 6.45) is 2.42. The fraction of sp³-hybridized carbons (Fsp3) is 0.375. The van der Waals surface area contributed by atoms with Crippen molar-refractivity contribution in [2.75, 3.05) is 13.7 Å². The third-order valence-corrected chi connectivity index (χ3v) is 4.50. The summed E-state index contributed by atoms with van der Waals surface area (Å²) >= 11 is 0. The molecule has 116 valence electrons. The van der Waals surface area contributed by atoms with Crippen molar-refractivity contribution in [3.05, 3.63) is 41.6 Å². The molecule has 22 heavy (non-hydrogen) atoms. The Balaban J connectivity index is 2.14. The van der Waals surface area contributed by atoms with E-state index in [2.05, 4.69) is 0 Å². The first-order chi connectivity index (χ1) is 10.5. The Morgan fingerprint density at radius 1 is 1.36 bits per heavy atom. The van der Waals surface area contributed by atoms with Gasteiger partial charge in [0.1, 0.15) is 5.75 Å². The summed E-state index contributed by atoms with van der Waals surface area (Å²) in [5.74, 6) is -0.356. The van der Waals surface area contributed by atoms with Crippen molar-refractivity contribution in [2.24, 2.45) is 0 Å². The lowest BCUT2D eigenvalue weighted by atomic mass is 9.80. The Labute approximate surface area is 128 Å². The fourth-order valence-electron chi connectivity index (χ4n) is 3.42. The molecule has 2 aliphatic heterocycles. The third-order valence-electron chi connectivity index (χ3n) is 4.50. The van der Waals surface area contributed by atoms with Crippen LogP contribution >= 0.6 is 0 Å². The molecule has 0 aliphatic carbocycles. The molecule has 0 unspecified atom stereocenters. The average molecular weight is 302 g/mol. The normalized spacial score (nSPS) is 24.4. The van der Waals surface area contributed by atoms with Crippen LogP contribution < -0.4 is 4.74 Å². The molecule has 1 fully saturated rings. The van der Waals surface area contributed by atoms with Gasteiger partial charge in [-0.15, -0.1) is 0 Å². The van der Waals surface area contributed by atoms with E-state index in [-0.39, 0.29) is 11.5 Å². The number of methoxy groups -OCH3 is 1. The second kappa shape index (κ2) is 5.14. The smallest absolute Gasteiger partial charge is 0.335 e. The van der Waals surface area contributed by atoms with E-state index in [1.165, 1.54) is 11.2 Å². The zero-order chi connectivity index (χ0) is 15.9. The van der Waals surface area contributed by atoms with E-state index in [1.807, 2.05) is 36.2 Å². The van der Waals surface area contributed by atoms with Gasteiger partial charge in [0.25, 0.3) is 0 Å². The highest BCUT2D eigenvalue weighted by Crippen LogP contribution is 2.47. The minimum Gasteiger partial charge on any atom is -0.497 e. The lowest BCUT2D eigenvalue weighted by Gasteiger charge is -2.39. The number of rotatable bonds is 4. The standard InChI is InChI=1S/C16H18N2O4/c1-3-16(11-4-6-12(22-2)7-5-11)13(15(20)21)10-17-14(19)8-9-18(16)17/h4-7,10H,3,8-9H2,1-2H3,(H,20,21)/t16-/m1/s1. The Hall–Kier alpha value is -2.34. The maximum Gasteiger partial charge on any atom is 0.335 e. The number of amides is 1. The number of carboxylic acid groups (broad SMARTS) is 1. The van der Waals surface area contributed by atoms with E-state index < -0.39 is 11.5 Å². The number of carbonyl (C=O) groups excluding carboxylic acids is 1. The van der Waals surface area contributed by atoms with Crippen molar-refractivity contribution in [3.8, 4) is 5.75 Å². The van der Waals surface area contributed by atoms with Crippen molar-refractivity contribution >= 4 is 11.9 Å². The number of hydrazine groups is 1. The number of nitrogens with zero attached hydrogens (tertiary/aromatic N) is 2. The van der Waals surface area contributed by atoms with Crippen molar-refractivity contribution in [1.82, 2.24) is 10.0 Å². The van der Waals surface area contributed by atoms with Crippen molar-refractivity contribution in [1.29, 1.82) is 0 Å². The molecular weight excluding hydrogens is 284 g/mol. The van der Waals surface area contributed by atoms with Crippen LogP contribution in [0.4, 0.5) is 0 Å². The fourth-order valence-corrected chi connectivity index (χ4v) is 3.42. The third kappa shape index (κ3) is 1.84. The van der Waals surface area contributed by atoms with Gasteiger partial charge in [0, 0.05) is 19.2 Å². The molecule has 0 saturated carbocycles. The molecule has 6 heteroatoms. The highest BCUT2D eigenvalue weighted by molar-refractivity contribution is 5.92. The number of hydrogen-bond acceptors (Lipinski definition) is 4. The minimum atomic E-state index is -1.00. The lowest BCUT2D eigenvalue weighted by molar-refractivity contribution is -0.138. The number of carboxylic acids is 1. The minimum absolute atomic E-state index is 0.0670. The van der Waals surface area contributed by atoms with Crippen LogP contribution in [0.1, 0.15) is 25.3 Å². The van der Waals surface area contributed by atoms with Crippen LogP contribution in [0.5, 0.6) is 5.75 Å². The Morgan fingerprint density at radius 2 is 2.05 bits per heavy atom. The Bertz CT molecular complexity index is 653. The number of benzene rings is 1. The molecule has 0 radical (unpaired) electrons. The van der Waals surface area contributed by atoms with Gasteiger partial charge in [0.15, 0.2) is 0 Å². The van der Waals surface area contributed by atoms with Crippen LogP contribution in [-0.2, 0) is 15.1 Å². The molecule has 1 N–H and O–H groups in total. The van der Waals surface area contributed by atoms with Crippen molar-refractivity contribution < 1.29 is 19.4 Å². The molecule has 1 aromatic carbocycles. The monoisotopic (exact) mass is 302 g/mol. The maximum atomic E-state index is 12.0. The van der Waals surface area contributed by atoms with Crippen LogP contribution in [-0.4, -0.2) is 40.7 Å². The zero-order valence-electron chi connectivity index (χ0n) is 12.6. The van der Waals surface area contributed by atoms with Crippen LogP contribution in [0.3, 0.4) is 0 Å². The van der Waals surface area contributed by atoms with E-state index in [4.69, 9.17) is 4.74 Å². The largest absolute Gasteiger partial charge is 0.497 e. The number of fused-ring (bicyclic) bond motifs is 1. The number of ether oxygens (including phenoxy) is 1. The molecule has 1 amide bonds. The number of carbonyl (C=O) groups is 2. The zero-order valence-corrected chi connectivity index (χ0v) is 12.6. The van der Waals surface area contributed by atoms with Gasteiger partial charge in [-0.1, -0.05) is 19.1 Å². The summed E-state index contributed by atoms with van der Waals surface area (Å²) < 4.78 is 5.17. The molecular formula is C16H18N2O4. The molecule has 0 aromatic heterocycles. The van der Waals surface area contributed by atoms with E-state index in [0.29, 0.717) is 25.1 Å². The van der Waals surface area contributed by atoms with Gasteiger partial charge in [-0.25, -0.2) is 9.80 Å². The second-order valence-electron chi connectivity index (χ2n) is 5.40. The van der Waals surface area contributed by atoms with E-state index in [0.717, 1.165) is 5.56 Å². The summed E-state index contributed by atoms with van der Waals surface area (Å²) in [7, 11) is 1.59. The van der Waals surface area contributed by atoms with Crippen LogP contribution in [0, 0.1) is 0 Å². The van der Waals surface area contributed by atoms with Gasteiger partial charge in [0.2, 0.25) is 5.91 Å². The van der Waals surface area contributed by atoms with Crippen LogP contribution in [0.25, 0.3) is 0 Å². The summed E-state index contributed by atoms with van der Waals surface area (Å²) in [6.45, 7) is 2.46. The lowest BCUT2D eigenvalue weighted by Crippen LogP contribution is -2.47. The van der Waals surface area contributed by atoms with E-state index >= 15 is 0 Å². The van der Waals surface area contributed by atoms with Gasteiger partial charge < -0.3 is 9.84 Å². The summed E-state index contributed by atoms with van der Waals surface area (Å²) in [5, 5.41) is 12.9. The first-order valence-corrected chi connectivity index (χ1v) is 7.24. The molecule has 3 rings (SSSR count).